The smallest absolute Gasteiger partial charge is 0.255 e. The van der Waals surface area contributed by atoms with Gasteiger partial charge in [-0.15, -0.1) is 0 Å². The second-order valence-electron chi connectivity index (χ2n) is 8.81. The van der Waals surface area contributed by atoms with Crippen LogP contribution in [0.2, 0.25) is 0 Å². The number of nitrogens with zero attached hydrogens (tertiary/aromatic N) is 1. The van der Waals surface area contributed by atoms with Crippen molar-refractivity contribution in [1.82, 2.24) is 10.3 Å². The van der Waals surface area contributed by atoms with E-state index in [0.717, 1.165) is 17.0 Å². The van der Waals surface area contributed by atoms with Crippen molar-refractivity contribution in [3.8, 4) is 11.5 Å². The van der Waals surface area contributed by atoms with Gasteiger partial charge in [0.15, 0.2) is 17.3 Å². The van der Waals surface area contributed by atoms with Crippen LogP contribution >= 0.6 is 0 Å². The lowest BCUT2D eigenvalue weighted by Gasteiger charge is -2.36. The monoisotopic (exact) mass is 469 g/mol. The van der Waals surface area contributed by atoms with Crippen molar-refractivity contribution in [3.05, 3.63) is 94.9 Å². The highest BCUT2D eigenvalue weighted by molar-refractivity contribution is 6.09. The number of hydrogen-bond donors (Lipinski definition) is 2. The van der Waals surface area contributed by atoms with Crippen molar-refractivity contribution in [2.75, 3.05) is 12.1 Å². The van der Waals surface area contributed by atoms with E-state index in [4.69, 9.17) is 13.9 Å². The summed E-state index contributed by atoms with van der Waals surface area (Å²) in [5.74, 6) is 1.52. The van der Waals surface area contributed by atoms with E-state index in [1.165, 1.54) is 0 Å². The molecule has 0 saturated heterocycles. The SMILES string of the molecule is CC1=C(C(=O)Nc2ccccn2)[C@H](c2ccc3c(c2)OCO3)C2=C(C[C@@H](c3ccco3)CC2=O)N1. The van der Waals surface area contributed by atoms with Crippen molar-refractivity contribution >= 4 is 17.5 Å². The maximum atomic E-state index is 13.6. The molecular weight excluding hydrogens is 446 g/mol. The molecule has 3 aromatic rings. The number of furan rings is 1. The van der Waals surface area contributed by atoms with Crippen molar-refractivity contribution in [1.29, 1.82) is 0 Å². The average molecular weight is 469 g/mol. The molecule has 2 aromatic heterocycles. The predicted molar refractivity (Wildman–Crippen MR) is 127 cm³/mol. The molecule has 0 radical (unpaired) electrons. The molecule has 35 heavy (non-hydrogen) atoms. The first-order chi connectivity index (χ1) is 17.1. The van der Waals surface area contributed by atoms with Crippen LogP contribution in [0.1, 0.15) is 42.9 Å². The number of ketones is 1. The minimum absolute atomic E-state index is 0.0153. The van der Waals surface area contributed by atoms with Gasteiger partial charge >= 0.3 is 0 Å². The van der Waals surface area contributed by atoms with Gasteiger partial charge in [-0.25, -0.2) is 4.98 Å². The number of dihydropyridines is 1. The molecule has 8 nitrogen and oxygen atoms in total. The van der Waals surface area contributed by atoms with Crippen LogP contribution in [0.4, 0.5) is 5.82 Å². The van der Waals surface area contributed by atoms with Crippen LogP contribution in [0.25, 0.3) is 0 Å². The van der Waals surface area contributed by atoms with E-state index in [9.17, 15) is 9.59 Å². The Labute approximate surface area is 201 Å². The maximum Gasteiger partial charge on any atom is 0.255 e. The van der Waals surface area contributed by atoms with E-state index in [-0.39, 0.29) is 24.4 Å². The van der Waals surface area contributed by atoms with Crippen LogP contribution in [-0.4, -0.2) is 23.5 Å². The number of fused-ring (bicyclic) bond motifs is 1. The summed E-state index contributed by atoms with van der Waals surface area (Å²) in [5.41, 5.74) is 3.37. The first-order valence-corrected chi connectivity index (χ1v) is 11.5. The van der Waals surface area contributed by atoms with E-state index in [1.54, 1.807) is 30.7 Å². The van der Waals surface area contributed by atoms with E-state index in [1.807, 2.05) is 37.3 Å². The quantitative estimate of drug-likeness (QED) is 0.584. The number of amides is 1. The lowest BCUT2D eigenvalue weighted by atomic mass is 9.72. The first-order valence-electron chi connectivity index (χ1n) is 11.5. The number of anilines is 1. The summed E-state index contributed by atoms with van der Waals surface area (Å²) in [6.07, 6.45) is 4.16. The highest BCUT2D eigenvalue weighted by Gasteiger charge is 2.41. The van der Waals surface area contributed by atoms with Crippen molar-refractivity contribution < 1.29 is 23.5 Å². The Kier molecular flexibility index (Phi) is 5.13. The number of Topliss-reactive ketones (excluding diaryl/α,β-unsaturated/α-hetero) is 1. The lowest BCUT2D eigenvalue weighted by molar-refractivity contribution is -0.116. The molecule has 1 amide bonds. The normalized spacial score (nSPS) is 21.0. The zero-order chi connectivity index (χ0) is 23.9. The molecule has 2 aliphatic heterocycles. The Morgan fingerprint density at radius 1 is 1.09 bits per heavy atom. The Morgan fingerprint density at radius 2 is 1.97 bits per heavy atom. The molecule has 176 valence electrons. The van der Waals surface area contributed by atoms with Gasteiger partial charge in [-0.2, -0.15) is 0 Å². The van der Waals surface area contributed by atoms with Crippen molar-refractivity contribution in [2.45, 2.75) is 31.6 Å². The maximum absolute atomic E-state index is 13.6. The number of allylic oxidation sites excluding steroid dienone is 3. The van der Waals surface area contributed by atoms with Crippen molar-refractivity contribution in [2.24, 2.45) is 0 Å². The van der Waals surface area contributed by atoms with Crippen LogP contribution in [-0.2, 0) is 9.59 Å². The van der Waals surface area contributed by atoms with Crippen LogP contribution in [0.5, 0.6) is 11.5 Å². The van der Waals surface area contributed by atoms with E-state index in [2.05, 4.69) is 15.6 Å². The van der Waals surface area contributed by atoms with Gasteiger partial charge in [0.05, 0.1) is 6.26 Å². The lowest BCUT2D eigenvalue weighted by Crippen LogP contribution is -2.37. The average Bonchev–Trinajstić information content (AvgIpc) is 3.55. The van der Waals surface area contributed by atoms with Gasteiger partial charge in [0.2, 0.25) is 6.79 Å². The fourth-order valence-electron chi connectivity index (χ4n) is 5.11. The molecule has 2 N–H and O–H groups in total. The Balaban J connectivity index is 1.43. The fraction of sp³-hybridized carbons (Fsp3) is 0.222. The highest BCUT2D eigenvalue weighted by atomic mass is 16.7. The summed E-state index contributed by atoms with van der Waals surface area (Å²) < 4.78 is 16.7. The summed E-state index contributed by atoms with van der Waals surface area (Å²) in [4.78, 5) is 31.4. The topological polar surface area (TPSA) is 103 Å². The first kappa shape index (κ1) is 21.2. The molecule has 0 unspecified atom stereocenters. The molecule has 0 fully saturated rings. The van der Waals surface area contributed by atoms with Gasteiger partial charge in [0.1, 0.15) is 11.6 Å². The number of carbonyl (C=O) groups excluding carboxylic acids is 2. The molecule has 3 aliphatic rings. The molecule has 0 bridgehead atoms. The molecule has 0 saturated carbocycles. The summed E-state index contributed by atoms with van der Waals surface area (Å²) in [6.45, 7) is 2.00. The third-order valence-corrected chi connectivity index (χ3v) is 6.65. The number of aromatic nitrogens is 1. The largest absolute Gasteiger partial charge is 0.469 e. The van der Waals surface area contributed by atoms with Crippen LogP contribution in [0.3, 0.4) is 0 Å². The van der Waals surface area contributed by atoms with Gasteiger partial charge < -0.3 is 24.5 Å². The standard InChI is InChI=1S/C27H23N3O5/c1-15-24(27(32)30-23-6-2-3-9-28-23)25(16-7-8-21-22(13-16)35-14-34-21)26-18(29-15)11-17(12-19(26)31)20-5-4-10-33-20/h2-10,13,17,25,29H,11-12,14H2,1H3,(H,28,30,32)/t17-,25+/m1/s1. The Morgan fingerprint density at radius 3 is 2.77 bits per heavy atom. The molecule has 1 aliphatic carbocycles. The van der Waals surface area contributed by atoms with Gasteiger partial charge in [-0.3, -0.25) is 9.59 Å². The zero-order valence-electron chi connectivity index (χ0n) is 19.0. The molecule has 6 rings (SSSR count). The Hall–Kier alpha value is -4.33. The summed E-state index contributed by atoms with van der Waals surface area (Å²) in [5, 5.41) is 6.25. The molecule has 1 aromatic carbocycles. The number of pyridine rings is 1. The van der Waals surface area contributed by atoms with Gasteiger partial charge in [0, 0.05) is 47.0 Å². The van der Waals surface area contributed by atoms with Crippen LogP contribution in [0.15, 0.2) is 87.9 Å². The van der Waals surface area contributed by atoms with Crippen LogP contribution in [0, 0.1) is 0 Å². The molecular formula is C27H23N3O5. The van der Waals surface area contributed by atoms with E-state index in [0.29, 0.717) is 47.0 Å². The highest BCUT2D eigenvalue weighted by Crippen LogP contribution is 2.47. The Bertz CT molecular complexity index is 1380. The number of ether oxygens (including phenoxy) is 2. The van der Waals surface area contributed by atoms with Crippen LogP contribution < -0.4 is 20.1 Å². The molecule has 8 heteroatoms. The third kappa shape index (κ3) is 3.77. The van der Waals surface area contributed by atoms with E-state index < -0.39 is 5.92 Å². The van der Waals surface area contributed by atoms with E-state index >= 15 is 0 Å². The van der Waals surface area contributed by atoms with Gasteiger partial charge in [0.25, 0.3) is 5.91 Å². The number of carbonyl (C=O) groups is 2. The molecule has 4 heterocycles. The minimum Gasteiger partial charge on any atom is -0.469 e. The summed E-state index contributed by atoms with van der Waals surface area (Å²) in [7, 11) is 0. The summed E-state index contributed by atoms with van der Waals surface area (Å²) >= 11 is 0. The second-order valence-corrected chi connectivity index (χ2v) is 8.81. The zero-order valence-corrected chi connectivity index (χ0v) is 19.0. The third-order valence-electron chi connectivity index (χ3n) is 6.65. The number of hydrogen-bond acceptors (Lipinski definition) is 7. The van der Waals surface area contributed by atoms with Crippen molar-refractivity contribution in [3.63, 3.8) is 0 Å². The number of rotatable bonds is 4. The minimum atomic E-state index is -0.561. The second kappa shape index (κ2) is 8.47. The molecule has 2 atom stereocenters. The number of benzene rings is 1. The predicted octanol–water partition coefficient (Wildman–Crippen LogP) is 4.40. The fourth-order valence-corrected chi connectivity index (χ4v) is 5.11. The van der Waals surface area contributed by atoms with Gasteiger partial charge in [-0.05, 0) is 55.3 Å². The summed E-state index contributed by atoms with van der Waals surface area (Å²) in [6, 6.07) is 14.6. The van der Waals surface area contributed by atoms with Gasteiger partial charge in [-0.1, -0.05) is 12.1 Å². The molecule has 0 spiro atoms. The number of nitrogens with one attached hydrogen (secondary N) is 2.